The normalized spacial score (nSPS) is 20.8. The Balaban J connectivity index is 1.74. The van der Waals surface area contributed by atoms with Gasteiger partial charge in [0.15, 0.2) is 0 Å². The van der Waals surface area contributed by atoms with Crippen LogP contribution in [0.2, 0.25) is 0 Å². The molecule has 6 heteroatoms. The molecule has 2 aliphatic rings. The van der Waals surface area contributed by atoms with Gasteiger partial charge in [0.25, 0.3) is 0 Å². The highest BCUT2D eigenvalue weighted by atomic mass is 32.2. The number of rotatable bonds is 3. The van der Waals surface area contributed by atoms with Crippen LogP contribution < -0.4 is 5.32 Å². The van der Waals surface area contributed by atoms with Gasteiger partial charge in [0, 0.05) is 13.1 Å². The van der Waals surface area contributed by atoms with Crippen molar-refractivity contribution in [2.75, 3.05) is 13.1 Å². The van der Waals surface area contributed by atoms with Gasteiger partial charge in [-0.05, 0) is 61.4 Å². The van der Waals surface area contributed by atoms with Crippen molar-refractivity contribution in [3.8, 4) is 0 Å². The molecule has 5 nitrogen and oxygen atoms in total. The van der Waals surface area contributed by atoms with Crippen LogP contribution in [0.1, 0.15) is 41.1 Å². The van der Waals surface area contributed by atoms with Gasteiger partial charge in [-0.3, -0.25) is 4.79 Å². The molecule has 2 aromatic carbocycles. The van der Waals surface area contributed by atoms with Gasteiger partial charge in [0.05, 0.1) is 4.90 Å². The molecule has 1 aliphatic carbocycles. The predicted molar refractivity (Wildman–Crippen MR) is 104 cm³/mol. The van der Waals surface area contributed by atoms with Gasteiger partial charge in [-0.15, -0.1) is 0 Å². The van der Waals surface area contributed by atoms with E-state index in [1.165, 1.54) is 9.87 Å². The minimum Gasteiger partial charge on any atom is -0.353 e. The first kappa shape index (κ1) is 18.2. The van der Waals surface area contributed by atoms with Crippen molar-refractivity contribution >= 4 is 15.9 Å². The van der Waals surface area contributed by atoms with E-state index in [1.807, 2.05) is 43.3 Å². The van der Waals surface area contributed by atoms with E-state index < -0.39 is 16.1 Å². The minimum atomic E-state index is -3.76. The van der Waals surface area contributed by atoms with Gasteiger partial charge in [-0.1, -0.05) is 35.9 Å². The molecule has 4 rings (SSSR count). The maximum atomic E-state index is 13.4. The van der Waals surface area contributed by atoms with Gasteiger partial charge < -0.3 is 5.32 Å². The summed E-state index contributed by atoms with van der Waals surface area (Å²) in [6.45, 7) is 2.56. The van der Waals surface area contributed by atoms with Gasteiger partial charge in [-0.2, -0.15) is 4.31 Å². The first-order chi connectivity index (χ1) is 13.0. The average Bonchev–Trinajstić information content (AvgIpc) is 2.68. The number of fused-ring (bicyclic) bond motifs is 1. The highest BCUT2D eigenvalue weighted by Gasteiger charge is 2.39. The van der Waals surface area contributed by atoms with Gasteiger partial charge in [0.1, 0.15) is 6.04 Å². The quantitative estimate of drug-likeness (QED) is 0.885. The number of hydrogen-bond donors (Lipinski definition) is 1. The maximum absolute atomic E-state index is 13.4. The largest absolute Gasteiger partial charge is 0.353 e. The van der Waals surface area contributed by atoms with Crippen LogP contribution in [0, 0.1) is 6.92 Å². The third kappa shape index (κ3) is 3.39. The summed E-state index contributed by atoms with van der Waals surface area (Å²) in [6, 6.07) is 12.1. The molecule has 0 aromatic heterocycles. The molecule has 1 unspecified atom stereocenters. The molecule has 1 amide bonds. The molecule has 1 saturated heterocycles. The smallest absolute Gasteiger partial charge is 0.244 e. The highest BCUT2D eigenvalue weighted by molar-refractivity contribution is 7.89. The number of hydrogen-bond acceptors (Lipinski definition) is 3. The zero-order valence-corrected chi connectivity index (χ0v) is 16.3. The van der Waals surface area contributed by atoms with Gasteiger partial charge in [0.2, 0.25) is 15.9 Å². The van der Waals surface area contributed by atoms with Crippen LogP contribution >= 0.6 is 0 Å². The third-order valence-corrected chi connectivity index (χ3v) is 7.35. The summed E-state index contributed by atoms with van der Waals surface area (Å²) in [5.74, 6) is -0.272. The van der Waals surface area contributed by atoms with E-state index in [0.29, 0.717) is 12.1 Å². The van der Waals surface area contributed by atoms with Crippen LogP contribution in [0.25, 0.3) is 0 Å². The summed E-state index contributed by atoms with van der Waals surface area (Å²) in [5, 5.41) is 2.80. The number of amides is 1. The molecule has 1 fully saturated rings. The number of nitrogens with zero attached hydrogens (tertiary/aromatic N) is 1. The summed E-state index contributed by atoms with van der Waals surface area (Å²) in [5.41, 5.74) is 4.13. The minimum absolute atomic E-state index is 0.268. The fourth-order valence-electron chi connectivity index (χ4n) is 3.98. The predicted octanol–water partition coefficient (Wildman–Crippen LogP) is 2.74. The van der Waals surface area contributed by atoms with Crippen molar-refractivity contribution in [1.82, 2.24) is 9.62 Å². The zero-order valence-electron chi connectivity index (χ0n) is 15.4. The molecule has 1 aliphatic heterocycles. The molecule has 1 atom stereocenters. The SMILES string of the molecule is Cc1ccc(C2C(=O)NCCN2S(=O)(=O)c2ccc3c(c2)CCCC3)cc1. The number of aryl methyl sites for hydroxylation is 3. The lowest BCUT2D eigenvalue weighted by Gasteiger charge is -2.34. The molecule has 1 heterocycles. The topological polar surface area (TPSA) is 66.5 Å². The van der Waals surface area contributed by atoms with Crippen molar-refractivity contribution in [2.24, 2.45) is 0 Å². The van der Waals surface area contributed by atoms with Gasteiger partial charge >= 0.3 is 0 Å². The van der Waals surface area contributed by atoms with Crippen molar-refractivity contribution in [1.29, 1.82) is 0 Å². The molecule has 142 valence electrons. The van der Waals surface area contributed by atoms with Crippen LogP contribution in [-0.2, 0) is 27.7 Å². The Morgan fingerprint density at radius 2 is 1.70 bits per heavy atom. The van der Waals surface area contributed by atoms with Crippen LogP contribution in [0.5, 0.6) is 0 Å². The van der Waals surface area contributed by atoms with Crippen molar-refractivity contribution in [3.63, 3.8) is 0 Å². The lowest BCUT2D eigenvalue weighted by molar-refractivity contribution is -0.126. The lowest BCUT2D eigenvalue weighted by atomic mass is 9.92. The lowest BCUT2D eigenvalue weighted by Crippen LogP contribution is -2.52. The van der Waals surface area contributed by atoms with Crippen molar-refractivity contribution in [2.45, 2.75) is 43.5 Å². The fraction of sp³-hybridized carbons (Fsp3) is 0.381. The highest BCUT2D eigenvalue weighted by Crippen LogP contribution is 2.32. The Morgan fingerprint density at radius 3 is 2.44 bits per heavy atom. The average molecular weight is 385 g/mol. The number of benzene rings is 2. The van der Waals surface area contributed by atoms with Crippen LogP contribution in [0.3, 0.4) is 0 Å². The number of carbonyl (C=O) groups is 1. The first-order valence-corrected chi connectivity index (χ1v) is 10.9. The van der Waals surface area contributed by atoms with E-state index in [0.717, 1.165) is 36.8 Å². The zero-order chi connectivity index (χ0) is 19.0. The van der Waals surface area contributed by atoms with Crippen molar-refractivity contribution in [3.05, 3.63) is 64.7 Å². The Morgan fingerprint density at radius 1 is 1.00 bits per heavy atom. The first-order valence-electron chi connectivity index (χ1n) is 9.45. The maximum Gasteiger partial charge on any atom is 0.244 e. The van der Waals surface area contributed by atoms with Crippen LogP contribution in [0.15, 0.2) is 47.4 Å². The van der Waals surface area contributed by atoms with Crippen molar-refractivity contribution < 1.29 is 13.2 Å². The number of nitrogens with one attached hydrogen (secondary N) is 1. The monoisotopic (exact) mass is 384 g/mol. The summed E-state index contributed by atoms with van der Waals surface area (Å²) in [6.07, 6.45) is 4.17. The second-order valence-electron chi connectivity index (χ2n) is 7.36. The third-order valence-electron chi connectivity index (χ3n) is 5.49. The van der Waals surface area contributed by atoms with E-state index in [2.05, 4.69) is 5.32 Å². The standard InChI is InChI=1S/C21H24N2O3S/c1-15-6-8-17(9-7-15)20-21(24)22-12-13-23(20)27(25,26)19-11-10-16-4-2-3-5-18(16)14-19/h6-11,14,20H,2-5,12-13H2,1H3,(H,22,24). The molecule has 0 bridgehead atoms. The van der Waals surface area contributed by atoms with E-state index in [9.17, 15) is 13.2 Å². The number of carbonyl (C=O) groups excluding carboxylic acids is 1. The fourth-order valence-corrected chi connectivity index (χ4v) is 5.61. The molecule has 0 radical (unpaired) electrons. The van der Waals surface area contributed by atoms with Gasteiger partial charge in [-0.25, -0.2) is 8.42 Å². The Labute approximate surface area is 160 Å². The molecule has 27 heavy (non-hydrogen) atoms. The number of piperazine rings is 1. The molecular formula is C21H24N2O3S. The second kappa shape index (κ2) is 7.09. The summed E-state index contributed by atoms with van der Waals surface area (Å²) >= 11 is 0. The van der Waals surface area contributed by atoms with E-state index in [4.69, 9.17) is 0 Å². The summed E-state index contributed by atoms with van der Waals surface area (Å²) in [4.78, 5) is 12.9. The molecule has 2 aromatic rings. The van der Waals surface area contributed by atoms with E-state index in [-0.39, 0.29) is 17.3 Å². The van der Waals surface area contributed by atoms with Crippen LogP contribution in [0.4, 0.5) is 0 Å². The molecule has 1 N–H and O–H groups in total. The molecule has 0 saturated carbocycles. The van der Waals surface area contributed by atoms with E-state index in [1.54, 1.807) is 6.07 Å². The molecule has 0 spiro atoms. The molecular weight excluding hydrogens is 360 g/mol. The van der Waals surface area contributed by atoms with Crippen LogP contribution in [-0.4, -0.2) is 31.7 Å². The number of sulfonamides is 1. The summed E-state index contributed by atoms with van der Waals surface area (Å²) < 4.78 is 28.2. The summed E-state index contributed by atoms with van der Waals surface area (Å²) in [7, 11) is -3.76. The van der Waals surface area contributed by atoms with E-state index >= 15 is 0 Å². The Bertz CT molecular complexity index is 967. The Hall–Kier alpha value is -2.18. The Kier molecular flexibility index (Phi) is 4.78. The second-order valence-corrected chi connectivity index (χ2v) is 9.25.